The van der Waals surface area contributed by atoms with Crippen molar-refractivity contribution in [3.8, 4) is 0 Å². The lowest BCUT2D eigenvalue weighted by atomic mass is 10.4. The van der Waals surface area contributed by atoms with Crippen LogP contribution in [-0.2, 0) is 10.0 Å². The van der Waals surface area contributed by atoms with Gasteiger partial charge in [0.2, 0.25) is 10.0 Å². The van der Waals surface area contributed by atoms with Crippen LogP contribution in [0.5, 0.6) is 0 Å². The lowest BCUT2D eigenvalue weighted by Crippen LogP contribution is -2.36. The highest BCUT2D eigenvalue weighted by Crippen LogP contribution is 2.26. The fourth-order valence-corrected chi connectivity index (χ4v) is 3.67. The molecule has 1 fully saturated rings. The smallest absolute Gasteiger partial charge is 0.216 e. The molecule has 0 spiro atoms. The molecular formula is C9H19N3O3S. The van der Waals surface area contributed by atoms with E-state index in [1.54, 1.807) is 0 Å². The molecular weight excluding hydrogens is 230 g/mol. The number of sulfonamides is 1. The highest BCUT2D eigenvalue weighted by Gasteiger charge is 2.31. The van der Waals surface area contributed by atoms with Crippen molar-refractivity contribution in [2.24, 2.45) is 10.9 Å². The first kappa shape index (κ1) is 13.2. The van der Waals surface area contributed by atoms with Gasteiger partial charge in [-0.1, -0.05) is 18.0 Å². The quantitative estimate of drug-likeness (QED) is 0.317. The number of nitrogens with zero attached hydrogens (tertiary/aromatic N) is 2. The van der Waals surface area contributed by atoms with Gasteiger partial charge in [-0.15, -0.1) is 0 Å². The van der Waals surface area contributed by atoms with Crippen LogP contribution in [0.15, 0.2) is 5.16 Å². The van der Waals surface area contributed by atoms with Crippen LogP contribution in [0.3, 0.4) is 0 Å². The number of oxime groups is 1. The molecule has 0 atom stereocenters. The lowest BCUT2D eigenvalue weighted by Gasteiger charge is -2.21. The molecule has 0 aliphatic heterocycles. The summed E-state index contributed by atoms with van der Waals surface area (Å²) in [6.45, 7) is 0.259. The van der Waals surface area contributed by atoms with Crippen molar-refractivity contribution in [2.45, 2.75) is 37.4 Å². The third kappa shape index (κ3) is 3.08. The molecule has 3 N–H and O–H groups in total. The Labute approximate surface area is 96.2 Å². The van der Waals surface area contributed by atoms with Gasteiger partial charge in [0.1, 0.15) is 5.84 Å². The Morgan fingerprint density at radius 3 is 2.56 bits per heavy atom. The summed E-state index contributed by atoms with van der Waals surface area (Å²) in [5, 5.41) is 10.9. The number of amidine groups is 1. The molecule has 0 saturated heterocycles. The van der Waals surface area contributed by atoms with Gasteiger partial charge in [0.25, 0.3) is 0 Å². The summed E-state index contributed by atoms with van der Waals surface area (Å²) in [7, 11) is -1.66. The number of rotatable bonds is 5. The van der Waals surface area contributed by atoms with Crippen molar-refractivity contribution < 1.29 is 13.6 Å². The molecule has 94 valence electrons. The number of nitrogens with two attached hydrogens (primary N) is 1. The van der Waals surface area contributed by atoms with Crippen LogP contribution in [0.1, 0.15) is 32.1 Å². The molecule has 0 aromatic heterocycles. The van der Waals surface area contributed by atoms with Gasteiger partial charge < -0.3 is 10.9 Å². The third-order valence-electron chi connectivity index (χ3n) is 2.97. The average molecular weight is 249 g/mol. The maximum atomic E-state index is 12.0. The SMILES string of the molecule is CN(CCC(N)=NO)S(=O)(=O)C1CCCC1. The van der Waals surface area contributed by atoms with Crippen LogP contribution in [0.2, 0.25) is 0 Å². The van der Waals surface area contributed by atoms with Crippen molar-refractivity contribution >= 4 is 15.9 Å². The summed E-state index contributed by atoms with van der Waals surface area (Å²) in [6, 6.07) is 0. The van der Waals surface area contributed by atoms with Crippen LogP contribution in [0.25, 0.3) is 0 Å². The van der Waals surface area contributed by atoms with Crippen LogP contribution in [-0.4, -0.2) is 42.6 Å². The van der Waals surface area contributed by atoms with Gasteiger partial charge >= 0.3 is 0 Å². The van der Waals surface area contributed by atoms with E-state index in [9.17, 15) is 8.42 Å². The summed E-state index contributed by atoms with van der Waals surface area (Å²) in [4.78, 5) is 0. The van der Waals surface area contributed by atoms with Gasteiger partial charge in [0.15, 0.2) is 0 Å². The Kier molecular flexibility index (Phi) is 4.55. The largest absolute Gasteiger partial charge is 0.409 e. The molecule has 0 heterocycles. The second kappa shape index (κ2) is 5.49. The molecule has 6 nitrogen and oxygen atoms in total. The Morgan fingerprint density at radius 2 is 2.06 bits per heavy atom. The van der Waals surface area contributed by atoms with Crippen molar-refractivity contribution in [2.75, 3.05) is 13.6 Å². The van der Waals surface area contributed by atoms with Gasteiger partial charge in [-0.2, -0.15) is 0 Å². The first-order valence-electron chi connectivity index (χ1n) is 5.40. The molecule has 1 rings (SSSR count). The van der Waals surface area contributed by atoms with Gasteiger partial charge in [0, 0.05) is 20.0 Å². The summed E-state index contributed by atoms with van der Waals surface area (Å²) >= 11 is 0. The van der Waals surface area contributed by atoms with E-state index < -0.39 is 10.0 Å². The topological polar surface area (TPSA) is 96.0 Å². The number of hydrogen-bond acceptors (Lipinski definition) is 4. The predicted octanol–water partition coefficient (Wildman–Crippen LogP) is 0.327. The number of hydrogen-bond donors (Lipinski definition) is 2. The molecule has 0 aromatic rings. The molecule has 16 heavy (non-hydrogen) atoms. The monoisotopic (exact) mass is 249 g/mol. The van der Waals surface area contributed by atoms with E-state index in [0.29, 0.717) is 0 Å². The predicted molar refractivity (Wildman–Crippen MR) is 61.8 cm³/mol. The second-order valence-electron chi connectivity index (χ2n) is 4.11. The summed E-state index contributed by atoms with van der Waals surface area (Å²) in [5.41, 5.74) is 5.30. The van der Waals surface area contributed by atoms with Crippen LogP contribution < -0.4 is 5.73 Å². The van der Waals surface area contributed by atoms with E-state index in [1.165, 1.54) is 11.4 Å². The summed E-state index contributed by atoms with van der Waals surface area (Å²) < 4.78 is 25.3. The molecule has 0 radical (unpaired) electrons. The summed E-state index contributed by atoms with van der Waals surface area (Å²) in [6.07, 6.45) is 3.71. The zero-order valence-electron chi connectivity index (χ0n) is 9.46. The zero-order chi connectivity index (χ0) is 12.2. The first-order valence-corrected chi connectivity index (χ1v) is 6.90. The van der Waals surface area contributed by atoms with Crippen LogP contribution >= 0.6 is 0 Å². The molecule has 0 amide bonds. The second-order valence-corrected chi connectivity index (χ2v) is 6.43. The van der Waals surface area contributed by atoms with Crippen LogP contribution in [0.4, 0.5) is 0 Å². The van der Waals surface area contributed by atoms with E-state index in [4.69, 9.17) is 10.9 Å². The fourth-order valence-electron chi connectivity index (χ4n) is 1.89. The molecule has 1 aliphatic rings. The lowest BCUT2D eigenvalue weighted by molar-refractivity contribution is 0.316. The minimum absolute atomic E-state index is 0.0495. The first-order chi connectivity index (χ1) is 7.48. The standard InChI is InChI=1S/C9H19N3O3S/c1-12(7-6-9(10)11-13)16(14,15)8-4-2-3-5-8/h8,13H,2-7H2,1H3,(H2,10,11). The Morgan fingerprint density at radius 1 is 1.50 bits per heavy atom. The Hall–Kier alpha value is -0.820. The highest BCUT2D eigenvalue weighted by atomic mass is 32.2. The summed E-state index contributed by atoms with van der Waals surface area (Å²) in [5.74, 6) is 0.0495. The maximum absolute atomic E-state index is 12.0. The molecule has 0 bridgehead atoms. The zero-order valence-corrected chi connectivity index (χ0v) is 10.3. The van der Waals surface area contributed by atoms with Crippen LogP contribution in [0, 0.1) is 0 Å². The van der Waals surface area contributed by atoms with Gasteiger partial charge in [-0.05, 0) is 12.8 Å². The van der Waals surface area contributed by atoms with Crippen molar-refractivity contribution in [1.29, 1.82) is 0 Å². The Bertz CT molecular complexity index is 347. The minimum Gasteiger partial charge on any atom is -0.409 e. The van der Waals surface area contributed by atoms with E-state index in [-0.39, 0.29) is 24.1 Å². The molecule has 1 saturated carbocycles. The van der Waals surface area contributed by atoms with Gasteiger partial charge in [0.05, 0.1) is 5.25 Å². The fraction of sp³-hybridized carbons (Fsp3) is 0.889. The normalized spacial score (nSPS) is 19.5. The third-order valence-corrected chi connectivity index (χ3v) is 5.33. The highest BCUT2D eigenvalue weighted by molar-refractivity contribution is 7.89. The average Bonchev–Trinajstić information content (AvgIpc) is 2.78. The Balaban J connectivity index is 2.54. The molecule has 0 unspecified atom stereocenters. The minimum atomic E-state index is -3.20. The van der Waals surface area contributed by atoms with E-state index >= 15 is 0 Å². The van der Waals surface area contributed by atoms with Gasteiger partial charge in [-0.25, -0.2) is 12.7 Å². The molecule has 7 heteroatoms. The van der Waals surface area contributed by atoms with E-state index in [1.807, 2.05) is 0 Å². The maximum Gasteiger partial charge on any atom is 0.216 e. The van der Waals surface area contributed by atoms with Crippen molar-refractivity contribution in [3.05, 3.63) is 0 Å². The van der Waals surface area contributed by atoms with Crippen molar-refractivity contribution in [1.82, 2.24) is 4.31 Å². The molecule has 0 aromatic carbocycles. The van der Waals surface area contributed by atoms with E-state index in [2.05, 4.69) is 5.16 Å². The molecule has 1 aliphatic carbocycles. The van der Waals surface area contributed by atoms with Gasteiger partial charge in [-0.3, -0.25) is 0 Å². The van der Waals surface area contributed by atoms with Crippen molar-refractivity contribution in [3.63, 3.8) is 0 Å². The van der Waals surface area contributed by atoms with E-state index in [0.717, 1.165) is 25.7 Å².